The van der Waals surface area contributed by atoms with Crippen LogP contribution in [-0.4, -0.2) is 16.7 Å². The first-order chi connectivity index (χ1) is 10.2. The van der Waals surface area contributed by atoms with Crippen molar-refractivity contribution in [2.45, 2.75) is 25.3 Å². The molecule has 2 N–H and O–H groups in total. The van der Waals surface area contributed by atoms with Crippen LogP contribution in [0.1, 0.15) is 24.6 Å². The molecule has 0 atom stereocenters. The maximum absolute atomic E-state index is 6.34. The van der Waals surface area contributed by atoms with Gasteiger partial charge in [-0.05, 0) is 31.0 Å². The molecule has 1 fully saturated rings. The van der Waals surface area contributed by atoms with E-state index in [1.165, 1.54) is 12.8 Å². The van der Waals surface area contributed by atoms with Crippen LogP contribution >= 0.6 is 15.9 Å². The Bertz CT molecular complexity index is 689. The molecule has 0 radical (unpaired) electrons. The third-order valence-electron chi connectivity index (χ3n) is 3.72. The minimum atomic E-state index is 0.533. The van der Waals surface area contributed by atoms with E-state index in [9.17, 15) is 0 Å². The van der Waals surface area contributed by atoms with Gasteiger partial charge in [0.1, 0.15) is 23.1 Å². The average Bonchev–Trinajstić information content (AvgIpc) is 3.27. The molecular weight excluding hydrogens is 330 g/mol. The van der Waals surface area contributed by atoms with Crippen LogP contribution in [0.4, 0.5) is 5.82 Å². The first kappa shape index (κ1) is 14.2. The number of ether oxygens (including phenoxy) is 1. The Morgan fingerprint density at radius 2 is 2.29 bits per heavy atom. The van der Waals surface area contributed by atoms with E-state index in [4.69, 9.17) is 15.5 Å². The Kier molecular flexibility index (Phi) is 3.76. The van der Waals surface area contributed by atoms with Crippen LogP contribution in [0, 0.1) is 0 Å². The van der Waals surface area contributed by atoms with E-state index in [1.54, 1.807) is 7.11 Å². The normalized spacial score (nSPS) is 14.2. The highest BCUT2D eigenvalue weighted by atomic mass is 79.9. The number of imidazole rings is 1. The standard InChI is InChI=1S/C16H18BrN3O/c1-3-8-20-15(18)14(19-16(20)10-4-5-10)12-9-11(21-2)6-7-13(12)17/h3,6-7,9-10H,1,4-5,8,18H2,2H3. The van der Waals surface area contributed by atoms with Gasteiger partial charge in [-0.1, -0.05) is 22.0 Å². The predicted molar refractivity (Wildman–Crippen MR) is 88.5 cm³/mol. The summed E-state index contributed by atoms with van der Waals surface area (Å²) in [5.41, 5.74) is 8.10. The molecule has 1 aliphatic rings. The number of anilines is 1. The quantitative estimate of drug-likeness (QED) is 0.832. The minimum Gasteiger partial charge on any atom is -0.497 e. The van der Waals surface area contributed by atoms with E-state index < -0.39 is 0 Å². The molecule has 3 rings (SSSR count). The van der Waals surface area contributed by atoms with Gasteiger partial charge in [0.2, 0.25) is 0 Å². The molecular formula is C16H18BrN3O. The molecule has 1 aliphatic carbocycles. The predicted octanol–water partition coefficient (Wildman–Crippen LogP) is 3.97. The van der Waals surface area contributed by atoms with Gasteiger partial charge in [-0.15, -0.1) is 6.58 Å². The van der Waals surface area contributed by atoms with Crippen LogP contribution in [0.3, 0.4) is 0 Å². The number of allylic oxidation sites excluding steroid dienone is 1. The van der Waals surface area contributed by atoms with Gasteiger partial charge in [0.15, 0.2) is 0 Å². The Hall–Kier alpha value is -1.75. The van der Waals surface area contributed by atoms with Crippen molar-refractivity contribution >= 4 is 21.7 Å². The van der Waals surface area contributed by atoms with E-state index in [1.807, 2.05) is 24.3 Å². The molecule has 110 valence electrons. The monoisotopic (exact) mass is 347 g/mol. The highest BCUT2D eigenvalue weighted by Gasteiger charge is 2.31. The van der Waals surface area contributed by atoms with Crippen molar-refractivity contribution in [2.24, 2.45) is 0 Å². The number of aromatic nitrogens is 2. The number of benzene rings is 1. The van der Waals surface area contributed by atoms with Crippen molar-refractivity contribution in [2.75, 3.05) is 12.8 Å². The summed E-state index contributed by atoms with van der Waals surface area (Å²) in [7, 11) is 1.66. The molecule has 1 aromatic heterocycles. The van der Waals surface area contributed by atoms with Crippen LogP contribution < -0.4 is 10.5 Å². The number of nitrogens with zero attached hydrogens (tertiary/aromatic N) is 2. The van der Waals surface area contributed by atoms with E-state index in [2.05, 4.69) is 27.1 Å². The van der Waals surface area contributed by atoms with Gasteiger partial charge in [0.25, 0.3) is 0 Å². The Morgan fingerprint density at radius 3 is 2.90 bits per heavy atom. The highest BCUT2D eigenvalue weighted by Crippen LogP contribution is 2.43. The first-order valence-electron chi connectivity index (χ1n) is 6.96. The summed E-state index contributed by atoms with van der Waals surface area (Å²) >= 11 is 3.58. The number of rotatable bonds is 5. The van der Waals surface area contributed by atoms with Gasteiger partial charge in [0, 0.05) is 22.5 Å². The van der Waals surface area contributed by atoms with Gasteiger partial charge in [-0.3, -0.25) is 0 Å². The summed E-state index contributed by atoms with van der Waals surface area (Å²) in [6.45, 7) is 4.50. The van der Waals surface area contributed by atoms with Crippen molar-refractivity contribution in [3.8, 4) is 17.0 Å². The largest absolute Gasteiger partial charge is 0.497 e. The van der Waals surface area contributed by atoms with E-state index >= 15 is 0 Å². The molecule has 1 heterocycles. The summed E-state index contributed by atoms with van der Waals surface area (Å²) in [6.07, 6.45) is 4.23. The van der Waals surface area contributed by atoms with Gasteiger partial charge in [-0.2, -0.15) is 0 Å². The number of methoxy groups -OCH3 is 1. The molecule has 0 bridgehead atoms. The van der Waals surface area contributed by atoms with Crippen LogP contribution in [-0.2, 0) is 6.54 Å². The maximum Gasteiger partial charge on any atom is 0.132 e. The third-order valence-corrected chi connectivity index (χ3v) is 4.41. The fourth-order valence-electron chi connectivity index (χ4n) is 2.47. The summed E-state index contributed by atoms with van der Waals surface area (Å²) in [4.78, 5) is 4.80. The van der Waals surface area contributed by atoms with Gasteiger partial charge in [-0.25, -0.2) is 4.98 Å². The van der Waals surface area contributed by atoms with Gasteiger partial charge in [0.05, 0.1) is 7.11 Å². The molecule has 4 nitrogen and oxygen atoms in total. The van der Waals surface area contributed by atoms with Crippen LogP contribution in [0.2, 0.25) is 0 Å². The Morgan fingerprint density at radius 1 is 1.52 bits per heavy atom. The summed E-state index contributed by atoms with van der Waals surface area (Å²) in [5, 5.41) is 0. The number of hydrogen-bond acceptors (Lipinski definition) is 3. The Balaban J connectivity index is 2.14. The van der Waals surface area contributed by atoms with Crippen molar-refractivity contribution in [1.29, 1.82) is 0 Å². The smallest absolute Gasteiger partial charge is 0.132 e. The first-order valence-corrected chi connectivity index (χ1v) is 7.75. The molecule has 0 amide bonds. The fraction of sp³-hybridized carbons (Fsp3) is 0.312. The second-order valence-electron chi connectivity index (χ2n) is 5.22. The molecule has 0 saturated heterocycles. The lowest BCUT2D eigenvalue weighted by molar-refractivity contribution is 0.415. The molecule has 0 aliphatic heterocycles. The SMILES string of the molecule is C=CCn1c(C2CC2)nc(-c2cc(OC)ccc2Br)c1N. The number of nitrogens with two attached hydrogens (primary N) is 1. The van der Waals surface area contributed by atoms with Crippen molar-refractivity contribution < 1.29 is 4.74 Å². The molecule has 0 unspecified atom stereocenters. The van der Waals surface area contributed by atoms with Crippen LogP contribution in [0.25, 0.3) is 11.3 Å². The number of halogens is 1. The summed E-state index contributed by atoms with van der Waals surface area (Å²) < 4.78 is 8.32. The topological polar surface area (TPSA) is 53.1 Å². The zero-order chi connectivity index (χ0) is 15.0. The Labute approximate surface area is 132 Å². The second-order valence-corrected chi connectivity index (χ2v) is 6.08. The average molecular weight is 348 g/mol. The number of nitrogen functional groups attached to an aromatic ring is 1. The van der Waals surface area contributed by atoms with Gasteiger partial charge >= 0.3 is 0 Å². The van der Waals surface area contributed by atoms with E-state index in [-0.39, 0.29) is 0 Å². The van der Waals surface area contributed by atoms with Crippen molar-refractivity contribution in [1.82, 2.24) is 9.55 Å². The van der Waals surface area contributed by atoms with E-state index in [0.29, 0.717) is 18.3 Å². The van der Waals surface area contributed by atoms with Crippen molar-refractivity contribution in [3.05, 3.63) is 41.2 Å². The zero-order valence-corrected chi connectivity index (χ0v) is 13.6. The minimum absolute atomic E-state index is 0.533. The summed E-state index contributed by atoms with van der Waals surface area (Å²) in [6, 6.07) is 5.82. The van der Waals surface area contributed by atoms with Crippen LogP contribution in [0.15, 0.2) is 35.3 Å². The highest BCUT2D eigenvalue weighted by molar-refractivity contribution is 9.10. The lowest BCUT2D eigenvalue weighted by Crippen LogP contribution is -2.05. The van der Waals surface area contributed by atoms with E-state index in [0.717, 1.165) is 27.3 Å². The number of hydrogen-bond donors (Lipinski definition) is 1. The fourth-order valence-corrected chi connectivity index (χ4v) is 2.90. The molecule has 5 heteroatoms. The molecule has 0 spiro atoms. The molecule has 1 saturated carbocycles. The second kappa shape index (κ2) is 5.56. The zero-order valence-electron chi connectivity index (χ0n) is 12.0. The lowest BCUT2D eigenvalue weighted by Gasteiger charge is -2.07. The van der Waals surface area contributed by atoms with Gasteiger partial charge < -0.3 is 15.0 Å². The third kappa shape index (κ3) is 2.58. The molecule has 1 aromatic carbocycles. The lowest BCUT2D eigenvalue weighted by atomic mass is 10.1. The van der Waals surface area contributed by atoms with Crippen LogP contribution in [0.5, 0.6) is 5.75 Å². The van der Waals surface area contributed by atoms with Crippen molar-refractivity contribution in [3.63, 3.8) is 0 Å². The maximum atomic E-state index is 6.34. The summed E-state index contributed by atoms with van der Waals surface area (Å²) in [5.74, 6) is 3.08. The molecule has 21 heavy (non-hydrogen) atoms. The molecule has 2 aromatic rings.